The molecule has 0 spiro atoms. The third kappa shape index (κ3) is 11.1. The van der Waals surface area contributed by atoms with Crippen LogP contribution >= 0.6 is 0 Å². The van der Waals surface area contributed by atoms with E-state index in [1.54, 1.807) is 0 Å². The molecule has 1 saturated heterocycles. The van der Waals surface area contributed by atoms with Gasteiger partial charge in [-0.15, -0.1) is 0 Å². The van der Waals surface area contributed by atoms with Gasteiger partial charge in [-0.1, -0.05) is 110 Å². The Bertz CT molecular complexity index is 1540. The molecule has 258 valence electrons. The Balaban J connectivity index is 1.30. The molecule has 1 aliphatic rings. The third-order valence-corrected chi connectivity index (χ3v) is 8.98. The van der Waals surface area contributed by atoms with Crippen molar-refractivity contribution in [2.45, 2.75) is 77.7 Å². The lowest BCUT2D eigenvalue weighted by Crippen LogP contribution is -2.44. The van der Waals surface area contributed by atoms with Crippen LogP contribution in [0, 0.1) is 5.92 Å². The highest BCUT2D eigenvalue weighted by atomic mass is 16.7. The van der Waals surface area contributed by atoms with E-state index in [2.05, 4.69) is 71.0 Å². The molecule has 1 aliphatic heterocycles. The van der Waals surface area contributed by atoms with Crippen LogP contribution in [0.4, 0.5) is 5.69 Å². The Hall–Kier alpha value is -4.34. The molecule has 0 aliphatic carbocycles. The van der Waals surface area contributed by atoms with Gasteiger partial charge in [-0.3, -0.25) is 14.5 Å². The van der Waals surface area contributed by atoms with Crippen LogP contribution in [0.3, 0.4) is 0 Å². The number of aliphatic hydroxyl groups is 1. The van der Waals surface area contributed by atoms with Crippen molar-refractivity contribution in [3.8, 4) is 0 Å². The summed E-state index contributed by atoms with van der Waals surface area (Å²) in [6, 6.07) is 36.7. The number of benzene rings is 4. The maximum Gasteiger partial charge on any atom is 0.224 e. The molecular formula is C41H49N3O5. The van der Waals surface area contributed by atoms with Gasteiger partial charge in [0.25, 0.3) is 0 Å². The molecule has 8 heteroatoms. The maximum atomic E-state index is 12.6. The number of anilines is 1. The van der Waals surface area contributed by atoms with Gasteiger partial charge in [-0.25, -0.2) is 0 Å². The van der Waals surface area contributed by atoms with Crippen LogP contribution in [-0.4, -0.2) is 41.0 Å². The van der Waals surface area contributed by atoms with Crippen molar-refractivity contribution in [3.63, 3.8) is 0 Å². The lowest BCUT2D eigenvalue weighted by molar-refractivity contribution is -0.276. The molecule has 0 radical (unpaired) electrons. The predicted octanol–water partition coefficient (Wildman–Crippen LogP) is 7.31. The van der Waals surface area contributed by atoms with Gasteiger partial charge >= 0.3 is 0 Å². The van der Waals surface area contributed by atoms with E-state index in [-0.39, 0.29) is 36.5 Å². The number of aliphatic hydroxyl groups excluding tert-OH is 1. The van der Waals surface area contributed by atoms with Crippen LogP contribution in [0.25, 0.3) is 0 Å². The second-order valence-electron chi connectivity index (χ2n) is 12.9. The summed E-state index contributed by atoms with van der Waals surface area (Å²) in [5.41, 5.74) is 5.99. The van der Waals surface area contributed by atoms with Gasteiger partial charge < -0.3 is 25.2 Å². The van der Waals surface area contributed by atoms with Gasteiger partial charge in [0.05, 0.1) is 18.8 Å². The van der Waals surface area contributed by atoms with E-state index in [0.717, 1.165) is 54.7 Å². The molecule has 0 unspecified atom stereocenters. The summed E-state index contributed by atoms with van der Waals surface area (Å²) < 4.78 is 13.5. The summed E-state index contributed by atoms with van der Waals surface area (Å²) in [6.45, 7) is 6.60. The van der Waals surface area contributed by atoms with Gasteiger partial charge in [-0.2, -0.15) is 0 Å². The first-order chi connectivity index (χ1) is 23.9. The van der Waals surface area contributed by atoms with E-state index in [4.69, 9.17) is 9.47 Å². The monoisotopic (exact) mass is 663 g/mol. The number of carbonyl (C=O) groups is 2. The van der Waals surface area contributed by atoms with Gasteiger partial charge in [0, 0.05) is 56.7 Å². The fraction of sp³-hybridized carbons (Fsp3) is 0.366. The second-order valence-corrected chi connectivity index (χ2v) is 12.9. The number of nitrogens with zero attached hydrogens (tertiary/aromatic N) is 1. The molecule has 4 aromatic carbocycles. The van der Waals surface area contributed by atoms with E-state index in [9.17, 15) is 14.7 Å². The van der Waals surface area contributed by atoms with E-state index in [1.165, 1.54) is 18.1 Å². The fourth-order valence-corrected chi connectivity index (χ4v) is 6.25. The Morgan fingerprint density at radius 3 is 1.94 bits per heavy atom. The van der Waals surface area contributed by atoms with Crippen molar-refractivity contribution in [2.75, 3.05) is 18.4 Å². The number of ether oxygens (including phenoxy) is 2. The number of unbranched alkanes of at least 4 members (excludes halogenated alkanes) is 2. The summed E-state index contributed by atoms with van der Waals surface area (Å²) in [6.07, 6.45) is 1.95. The molecule has 2 amide bonds. The van der Waals surface area contributed by atoms with Crippen LogP contribution in [0.5, 0.6) is 0 Å². The molecular weight excluding hydrogens is 614 g/mol. The van der Waals surface area contributed by atoms with E-state index in [0.29, 0.717) is 19.5 Å². The smallest absolute Gasteiger partial charge is 0.224 e. The zero-order valence-corrected chi connectivity index (χ0v) is 28.6. The van der Waals surface area contributed by atoms with Gasteiger partial charge in [-0.05, 0) is 47.2 Å². The van der Waals surface area contributed by atoms with E-state index in [1.807, 2.05) is 60.7 Å². The van der Waals surface area contributed by atoms with Gasteiger partial charge in [0.2, 0.25) is 11.8 Å². The number of amides is 2. The molecule has 0 aromatic heterocycles. The highest BCUT2D eigenvalue weighted by Crippen LogP contribution is 2.42. The normalized spacial score (nSPS) is 19.0. The number of nitrogens with one attached hydrogen (secondary N) is 2. The molecule has 4 atom stereocenters. The number of carbonyl (C=O) groups excluding carboxylic acids is 2. The molecule has 0 bridgehead atoms. The van der Waals surface area contributed by atoms with Crippen molar-refractivity contribution in [2.24, 2.45) is 5.92 Å². The first-order valence-electron chi connectivity index (χ1n) is 17.3. The lowest BCUT2D eigenvalue weighted by atomic mass is 9.89. The van der Waals surface area contributed by atoms with Crippen molar-refractivity contribution < 1.29 is 24.2 Å². The second kappa shape index (κ2) is 18.4. The van der Waals surface area contributed by atoms with E-state index >= 15 is 0 Å². The zero-order chi connectivity index (χ0) is 34.4. The highest BCUT2D eigenvalue weighted by Gasteiger charge is 2.39. The van der Waals surface area contributed by atoms with Crippen molar-refractivity contribution in [1.82, 2.24) is 10.2 Å². The first-order valence-corrected chi connectivity index (χ1v) is 17.3. The van der Waals surface area contributed by atoms with Crippen LogP contribution in [-0.2, 0) is 38.8 Å². The fourth-order valence-electron chi connectivity index (χ4n) is 6.25. The maximum absolute atomic E-state index is 12.6. The summed E-state index contributed by atoms with van der Waals surface area (Å²) in [5, 5.41) is 15.4. The minimum atomic E-state index is -0.604. The molecule has 4 aromatic rings. The van der Waals surface area contributed by atoms with Crippen LogP contribution in [0.15, 0.2) is 109 Å². The average Bonchev–Trinajstić information content (AvgIpc) is 3.12. The molecule has 49 heavy (non-hydrogen) atoms. The van der Waals surface area contributed by atoms with Gasteiger partial charge in [0.1, 0.15) is 0 Å². The number of rotatable bonds is 16. The van der Waals surface area contributed by atoms with Crippen molar-refractivity contribution in [1.29, 1.82) is 0 Å². The molecule has 3 N–H and O–H groups in total. The van der Waals surface area contributed by atoms with E-state index < -0.39 is 6.29 Å². The Labute approximate surface area is 290 Å². The molecule has 0 saturated carbocycles. The van der Waals surface area contributed by atoms with Crippen molar-refractivity contribution in [3.05, 3.63) is 137 Å². The molecule has 1 heterocycles. The quantitative estimate of drug-likeness (QED) is 0.109. The summed E-state index contributed by atoms with van der Waals surface area (Å²) >= 11 is 0. The standard InChI is InChI=1S/C41H49N3O5/c1-30-38(28-44(26-32-12-6-3-7-13-32)27-33-14-8-4-9-15-33)48-41(49-40(30)35-19-17-34(29-45)18-20-35)36-21-23-37(24-22-36)43-39(47)16-10-5-11-25-42-31(2)46/h3-4,6-9,12-15,17-24,30,38,40-41,45H,5,10-11,16,25-29H2,1-2H3,(H,42,46)(H,43,47)/t30-,38+,40+,41+/m1/s1. The van der Waals surface area contributed by atoms with Gasteiger partial charge in [0.15, 0.2) is 6.29 Å². The molecule has 8 nitrogen and oxygen atoms in total. The SMILES string of the molecule is CC(=O)NCCCCCC(=O)Nc1ccc([C@H]2O[C@@H](CN(Cc3ccccc3)Cc3ccccc3)[C@@H](C)[C@@H](c3ccc(CO)cc3)O2)cc1. The Morgan fingerprint density at radius 2 is 1.35 bits per heavy atom. The van der Waals surface area contributed by atoms with Crippen molar-refractivity contribution >= 4 is 17.5 Å². The van der Waals surface area contributed by atoms with Crippen LogP contribution in [0.1, 0.15) is 79.7 Å². The summed E-state index contributed by atoms with van der Waals surface area (Å²) in [5.74, 6) is -0.0210. The topological polar surface area (TPSA) is 100 Å². The minimum Gasteiger partial charge on any atom is -0.392 e. The molecule has 1 fully saturated rings. The Kier molecular flexibility index (Phi) is 13.5. The largest absolute Gasteiger partial charge is 0.392 e. The number of hydrogen-bond donors (Lipinski definition) is 3. The first kappa shape index (κ1) is 36.0. The lowest BCUT2D eigenvalue weighted by Gasteiger charge is -2.43. The number of hydrogen-bond acceptors (Lipinski definition) is 6. The highest BCUT2D eigenvalue weighted by molar-refractivity contribution is 5.90. The van der Waals surface area contributed by atoms with Crippen LogP contribution < -0.4 is 10.6 Å². The van der Waals surface area contributed by atoms with Crippen LogP contribution in [0.2, 0.25) is 0 Å². The average molecular weight is 664 g/mol. The minimum absolute atomic E-state index is 0.00879. The summed E-state index contributed by atoms with van der Waals surface area (Å²) in [7, 11) is 0. The zero-order valence-electron chi connectivity index (χ0n) is 28.6. The third-order valence-electron chi connectivity index (χ3n) is 8.98. The Morgan fingerprint density at radius 1 is 0.735 bits per heavy atom. The predicted molar refractivity (Wildman–Crippen MR) is 192 cm³/mol. The molecule has 5 rings (SSSR count). The summed E-state index contributed by atoms with van der Waals surface area (Å²) in [4.78, 5) is 26.0.